The maximum atomic E-state index is 12.8. The zero-order valence-electron chi connectivity index (χ0n) is 18.9. The Balaban J connectivity index is 1.62. The van der Waals surface area contributed by atoms with Gasteiger partial charge in [0.2, 0.25) is 5.91 Å². The van der Waals surface area contributed by atoms with Crippen LogP contribution in [0.1, 0.15) is 39.3 Å². The second-order valence-electron chi connectivity index (χ2n) is 7.76. The Kier molecular flexibility index (Phi) is 8.05. The molecule has 0 aliphatic heterocycles. The lowest BCUT2D eigenvalue weighted by molar-refractivity contribution is -0.123. The highest BCUT2D eigenvalue weighted by atomic mass is 32.2. The molecule has 7 nitrogen and oxygen atoms in total. The van der Waals surface area contributed by atoms with Crippen LogP contribution in [0.4, 0.5) is 0 Å². The lowest BCUT2D eigenvalue weighted by Gasteiger charge is -2.18. The molecule has 8 heteroatoms. The van der Waals surface area contributed by atoms with E-state index < -0.39 is 6.04 Å². The number of nitrogens with zero attached hydrogens (tertiary/aromatic N) is 3. The smallest absolute Gasteiger partial charge is 0.251 e. The van der Waals surface area contributed by atoms with Crippen LogP contribution >= 0.6 is 11.8 Å². The number of hydrogen-bond donors (Lipinski definition) is 2. The molecule has 32 heavy (non-hydrogen) atoms. The highest BCUT2D eigenvalue weighted by Gasteiger charge is 2.21. The number of carbonyl (C=O) groups excluding carboxylic acids is 2. The van der Waals surface area contributed by atoms with Crippen LogP contribution in [0.15, 0.2) is 48.7 Å². The van der Waals surface area contributed by atoms with Crippen molar-refractivity contribution < 1.29 is 9.59 Å². The number of amides is 2. The summed E-state index contributed by atoms with van der Waals surface area (Å²) in [6.45, 7) is 6.19. The zero-order valence-corrected chi connectivity index (χ0v) is 19.7. The van der Waals surface area contributed by atoms with Crippen LogP contribution in [0.2, 0.25) is 0 Å². The Labute approximate surface area is 193 Å². The molecule has 2 N–H and O–H groups in total. The first-order chi connectivity index (χ1) is 15.4. The highest BCUT2D eigenvalue weighted by molar-refractivity contribution is 7.98. The number of rotatable bonds is 9. The van der Waals surface area contributed by atoms with Crippen molar-refractivity contribution in [2.45, 2.75) is 39.8 Å². The third-order valence-corrected chi connectivity index (χ3v) is 5.66. The minimum Gasteiger partial charge on any atom is -0.350 e. The Morgan fingerprint density at radius 2 is 1.94 bits per heavy atom. The Bertz CT molecular complexity index is 1080. The van der Waals surface area contributed by atoms with E-state index >= 15 is 0 Å². The number of benzene rings is 1. The van der Waals surface area contributed by atoms with Crippen LogP contribution < -0.4 is 10.6 Å². The largest absolute Gasteiger partial charge is 0.350 e. The van der Waals surface area contributed by atoms with Crippen LogP contribution in [-0.4, -0.2) is 44.6 Å². The summed E-state index contributed by atoms with van der Waals surface area (Å²) in [7, 11) is 0. The second-order valence-corrected chi connectivity index (χ2v) is 8.74. The van der Waals surface area contributed by atoms with Gasteiger partial charge in [0.05, 0.1) is 5.69 Å². The van der Waals surface area contributed by atoms with Crippen LogP contribution in [0.25, 0.3) is 5.82 Å². The fourth-order valence-electron chi connectivity index (χ4n) is 3.35. The number of thioether (sulfide) groups is 1. The number of aromatic nitrogens is 3. The molecule has 0 spiro atoms. The van der Waals surface area contributed by atoms with E-state index in [9.17, 15) is 9.59 Å². The average molecular weight is 452 g/mol. The Morgan fingerprint density at radius 1 is 1.12 bits per heavy atom. The third kappa shape index (κ3) is 6.20. The summed E-state index contributed by atoms with van der Waals surface area (Å²) >= 11 is 1.64. The van der Waals surface area contributed by atoms with Crippen molar-refractivity contribution in [3.05, 3.63) is 76.7 Å². The molecule has 0 aliphatic rings. The lowest BCUT2D eigenvalue weighted by Crippen LogP contribution is -2.46. The summed E-state index contributed by atoms with van der Waals surface area (Å²) in [5.41, 5.74) is 4.37. The molecular formula is C24H29N5O2S. The summed E-state index contributed by atoms with van der Waals surface area (Å²) < 4.78 is 1.79. The SMILES string of the molecule is CSCCC(NC(=O)c1cccc(C)c1)C(=O)NCc1ccc(-n2nc(C)cc2C)nc1. The minimum atomic E-state index is -0.600. The first kappa shape index (κ1) is 23.5. The molecule has 0 bridgehead atoms. The van der Waals surface area contributed by atoms with Gasteiger partial charge in [-0.3, -0.25) is 9.59 Å². The van der Waals surface area contributed by atoms with Crippen molar-refractivity contribution in [2.75, 3.05) is 12.0 Å². The van der Waals surface area contributed by atoms with Gasteiger partial charge in [-0.05, 0) is 69.0 Å². The molecule has 0 saturated carbocycles. The summed E-state index contributed by atoms with van der Waals surface area (Å²) in [6, 6.07) is 12.5. The van der Waals surface area contributed by atoms with Gasteiger partial charge in [-0.1, -0.05) is 23.8 Å². The zero-order chi connectivity index (χ0) is 23.1. The fourth-order valence-corrected chi connectivity index (χ4v) is 3.82. The summed E-state index contributed by atoms with van der Waals surface area (Å²) in [5.74, 6) is 1.05. The van der Waals surface area contributed by atoms with E-state index in [-0.39, 0.29) is 11.8 Å². The van der Waals surface area contributed by atoms with Gasteiger partial charge in [-0.15, -0.1) is 0 Å². The first-order valence-electron chi connectivity index (χ1n) is 10.5. The van der Waals surface area contributed by atoms with E-state index in [1.165, 1.54) is 0 Å². The van der Waals surface area contributed by atoms with E-state index in [1.54, 1.807) is 28.7 Å². The maximum absolute atomic E-state index is 12.8. The summed E-state index contributed by atoms with van der Waals surface area (Å²) in [6.07, 6.45) is 4.27. The van der Waals surface area contributed by atoms with Crippen molar-refractivity contribution in [3.8, 4) is 5.82 Å². The van der Waals surface area contributed by atoms with E-state index in [1.807, 2.05) is 63.4 Å². The van der Waals surface area contributed by atoms with Crippen molar-refractivity contribution >= 4 is 23.6 Å². The van der Waals surface area contributed by atoms with Crippen LogP contribution in [0.3, 0.4) is 0 Å². The molecule has 168 valence electrons. The fraction of sp³-hybridized carbons (Fsp3) is 0.333. The number of aryl methyl sites for hydroxylation is 3. The van der Waals surface area contributed by atoms with Crippen molar-refractivity contribution in [1.82, 2.24) is 25.4 Å². The number of pyridine rings is 1. The van der Waals surface area contributed by atoms with Gasteiger partial charge in [0.15, 0.2) is 5.82 Å². The Hall–Kier alpha value is -3.13. The second kappa shape index (κ2) is 10.9. The van der Waals surface area contributed by atoms with Gasteiger partial charge in [-0.2, -0.15) is 16.9 Å². The molecule has 3 aromatic rings. The predicted molar refractivity (Wildman–Crippen MR) is 128 cm³/mol. The molecule has 0 fully saturated rings. The molecule has 3 rings (SSSR count). The van der Waals surface area contributed by atoms with E-state index in [0.717, 1.165) is 34.1 Å². The minimum absolute atomic E-state index is 0.206. The van der Waals surface area contributed by atoms with Crippen molar-refractivity contribution in [3.63, 3.8) is 0 Å². The quantitative estimate of drug-likeness (QED) is 0.521. The van der Waals surface area contributed by atoms with Crippen molar-refractivity contribution in [2.24, 2.45) is 0 Å². The van der Waals surface area contributed by atoms with Gasteiger partial charge in [-0.25, -0.2) is 9.67 Å². The van der Waals surface area contributed by atoms with Gasteiger partial charge in [0, 0.05) is 24.0 Å². The van der Waals surface area contributed by atoms with Gasteiger partial charge >= 0.3 is 0 Å². The first-order valence-corrected chi connectivity index (χ1v) is 11.9. The van der Waals surface area contributed by atoms with Crippen LogP contribution in [0.5, 0.6) is 0 Å². The molecule has 2 amide bonds. The molecule has 0 radical (unpaired) electrons. The van der Waals surface area contributed by atoms with Crippen molar-refractivity contribution in [1.29, 1.82) is 0 Å². The standard InChI is InChI=1S/C24H29N5O2S/c1-16-6-5-7-20(12-16)23(30)27-21(10-11-32-4)24(31)26-15-19-8-9-22(25-14-19)29-18(3)13-17(2)28-29/h5-9,12-14,21H,10-11,15H2,1-4H3,(H,26,31)(H,27,30). The average Bonchev–Trinajstić information content (AvgIpc) is 3.13. The Morgan fingerprint density at radius 3 is 2.56 bits per heavy atom. The highest BCUT2D eigenvalue weighted by Crippen LogP contribution is 2.11. The van der Waals surface area contributed by atoms with Gasteiger partial charge < -0.3 is 10.6 Å². The maximum Gasteiger partial charge on any atom is 0.251 e. The van der Waals surface area contributed by atoms with Crippen LogP contribution in [0, 0.1) is 20.8 Å². The normalized spacial score (nSPS) is 11.8. The number of nitrogens with one attached hydrogen (secondary N) is 2. The molecule has 0 aliphatic carbocycles. The molecule has 0 saturated heterocycles. The molecule has 1 atom stereocenters. The molecule has 2 heterocycles. The number of carbonyl (C=O) groups is 2. The van der Waals surface area contributed by atoms with Crippen LogP contribution in [-0.2, 0) is 11.3 Å². The molecule has 1 unspecified atom stereocenters. The molecular weight excluding hydrogens is 422 g/mol. The number of hydrogen-bond acceptors (Lipinski definition) is 5. The third-order valence-electron chi connectivity index (χ3n) is 5.02. The predicted octanol–water partition coefficient (Wildman–Crippen LogP) is 3.36. The summed E-state index contributed by atoms with van der Waals surface area (Å²) in [4.78, 5) is 29.9. The topological polar surface area (TPSA) is 88.9 Å². The van der Waals surface area contributed by atoms with E-state index in [2.05, 4.69) is 20.7 Å². The summed E-state index contributed by atoms with van der Waals surface area (Å²) in [5, 5.41) is 10.2. The van der Waals surface area contributed by atoms with Gasteiger partial charge in [0.1, 0.15) is 6.04 Å². The van der Waals surface area contributed by atoms with E-state index in [0.29, 0.717) is 18.5 Å². The lowest BCUT2D eigenvalue weighted by atomic mass is 10.1. The monoisotopic (exact) mass is 451 g/mol. The van der Waals surface area contributed by atoms with E-state index in [4.69, 9.17) is 0 Å². The molecule has 1 aromatic carbocycles. The van der Waals surface area contributed by atoms with Gasteiger partial charge in [0.25, 0.3) is 5.91 Å². The molecule has 2 aromatic heterocycles.